The van der Waals surface area contributed by atoms with Crippen LogP contribution >= 0.6 is 11.8 Å². The first-order valence-electron chi connectivity index (χ1n) is 9.86. The lowest BCUT2D eigenvalue weighted by atomic mass is 10.1. The Hall–Kier alpha value is -2.91. The molecule has 0 saturated heterocycles. The number of nitrogens with one attached hydrogen (secondary N) is 3. The van der Waals surface area contributed by atoms with Crippen LogP contribution in [0.25, 0.3) is 0 Å². The van der Waals surface area contributed by atoms with Crippen LogP contribution in [0.1, 0.15) is 32.6 Å². The molecule has 5 atom stereocenters. The Balaban J connectivity index is 5.41. The van der Waals surface area contributed by atoms with Crippen LogP contribution in [-0.2, 0) is 28.8 Å². The summed E-state index contributed by atoms with van der Waals surface area (Å²) in [5, 5.41) is 34.2. The summed E-state index contributed by atoms with van der Waals surface area (Å²) in [7, 11) is 0. The minimum Gasteiger partial charge on any atom is -0.481 e. The van der Waals surface area contributed by atoms with Crippen molar-refractivity contribution < 1.29 is 44.1 Å². The highest BCUT2D eigenvalue weighted by atomic mass is 32.2. The van der Waals surface area contributed by atoms with E-state index in [1.807, 2.05) is 11.6 Å². The Morgan fingerprint density at radius 3 is 1.94 bits per heavy atom. The molecule has 188 valence electrons. The number of carbonyl (C=O) groups excluding carboxylic acids is 4. The average molecular weight is 494 g/mol. The normalized spacial score (nSPS) is 15.3. The van der Waals surface area contributed by atoms with Crippen LogP contribution in [0.15, 0.2) is 0 Å². The monoisotopic (exact) mass is 493 g/mol. The third-order valence-electron chi connectivity index (χ3n) is 4.33. The molecule has 0 aromatic heterocycles. The van der Waals surface area contributed by atoms with Gasteiger partial charge in [-0.3, -0.25) is 24.0 Å². The molecule has 10 N–H and O–H groups in total. The molecule has 14 nitrogen and oxygen atoms in total. The van der Waals surface area contributed by atoms with E-state index in [1.165, 1.54) is 18.7 Å². The van der Waals surface area contributed by atoms with Crippen molar-refractivity contribution in [1.29, 1.82) is 0 Å². The van der Waals surface area contributed by atoms with E-state index in [0.717, 1.165) is 0 Å². The van der Waals surface area contributed by atoms with Crippen molar-refractivity contribution in [1.82, 2.24) is 16.0 Å². The van der Waals surface area contributed by atoms with Crippen LogP contribution in [0.5, 0.6) is 0 Å². The molecule has 0 saturated carbocycles. The molecule has 0 aliphatic rings. The van der Waals surface area contributed by atoms with Gasteiger partial charge in [0, 0.05) is 6.42 Å². The minimum absolute atomic E-state index is 0.306. The number of aliphatic hydroxyl groups excluding tert-OH is 1. The third-order valence-corrected chi connectivity index (χ3v) is 4.98. The molecule has 33 heavy (non-hydrogen) atoms. The number of carboxylic acid groups (broad SMARTS) is 2. The molecule has 0 spiro atoms. The first-order chi connectivity index (χ1) is 15.3. The number of nitrogens with two attached hydrogens (primary N) is 2. The smallest absolute Gasteiger partial charge is 0.326 e. The van der Waals surface area contributed by atoms with Crippen molar-refractivity contribution in [2.24, 2.45) is 11.5 Å². The SMILES string of the molecule is CSCCC(N)C(=O)NC(C(=O)NC(CC(N)=O)C(=O)NC(CCC(=O)O)C(=O)O)C(C)O. The van der Waals surface area contributed by atoms with Gasteiger partial charge in [-0.25, -0.2) is 4.79 Å². The van der Waals surface area contributed by atoms with Crippen LogP contribution in [0, 0.1) is 0 Å². The highest BCUT2D eigenvalue weighted by molar-refractivity contribution is 7.98. The summed E-state index contributed by atoms with van der Waals surface area (Å²) in [6, 6.07) is -5.75. The van der Waals surface area contributed by atoms with Gasteiger partial charge in [0.1, 0.15) is 18.1 Å². The van der Waals surface area contributed by atoms with Gasteiger partial charge >= 0.3 is 11.9 Å². The van der Waals surface area contributed by atoms with Crippen LogP contribution in [0.3, 0.4) is 0 Å². The topological polar surface area (TPSA) is 251 Å². The number of carboxylic acids is 2. The standard InChI is InChI=1S/C18H31N5O9S/c1-8(24)14(23-15(28)9(19)5-6-33-2)17(30)22-11(7-12(20)25)16(29)21-10(18(31)32)3-4-13(26)27/h8-11,14,24H,3-7,19H2,1-2H3,(H2,20,25)(H,21,29)(H,22,30)(H,23,28)(H,26,27)(H,31,32). The molecule has 0 bridgehead atoms. The van der Waals surface area contributed by atoms with Crippen LogP contribution in [0.4, 0.5) is 0 Å². The predicted octanol–water partition coefficient (Wildman–Crippen LogP) is -3.27. The number of hydrogen-bond donors (Lipinski definition) is 8. The molecular formula is C18H31N5O9S. The molecule has 0 heterocycles. The number of primary amides is 1. The van der Waals surface area contributed by atoms with Gasteiger partial charge in [-0.1, -0.05) is 0 Å². The van der Waals surface area contributed by atoms with Gasteiger partial charge in [0.15, 0.2) is 0 Å². The van der Waals surface area contributed by atoms with Crippen LogP contribution in [0.2, 0.25) is 0 Å². The second-order valence-corrected chi connectivity index (χ2v) is 8.16. The average Bonchev–Trinajstić information content (AvgIpc) is 2.70. The summed E-state index contributed by atoms with van der Waals surface area (Å²) in [6.07, 6.45) is -1.03. The Morgan fingerprint density at radius 1 is 0.909 bits per heavy atom. The lowest BCUT2D eigenvalue weighted by Crippen LogP contribution is -2.60. The van der Waals surface area contributed by atoms with E-state index < -0.39 is 85.1 Å². The van der Waals surface area contributed by atoms with E-state index in [1.54, 1.807) is 0 Å². The number of thioether (sulfide) groups is 1. The van der Waals surface area contributed by atoms with Gasteiger partial charge in [-0.05, 0) is 31.8 Å². The fourth-order valence-electron chi connectivity index (χ4n) is 2.51. The van der Waals surface area contributed by atoms with Crippen LogP contribution < -0.4 is 27.4 Å². The number of hydrogen-bond acceptors (Lipinski definition) is 9. The van der Waals surface area contributed by atoms with E-state index >= 15 is 0 Å². The molecule has 0 rings (SSSR count). The number of carbonyl (C=O) groups is 6. The quantitative estimate of drug-likeness (QED) is 0.106. The summed E-state index contributed by atoms with van der Waals surface area (Å²) in [4.78, 5) is 70.7. The molecule has 15 heteroatoms. The summed E-state index contributed by atoms with van der Waals surface area (Å²) >= 11 is 1.46. The van der Waals surface area contributed by atoms with Gasteiger partial charge in [-0.2, -0.15) is 11.8 Å². The van der Waals surface area contributed by atoms with Gasteiger partial charge in [-0.15, -0.1) is 0 Å². The maximum absolute atomic E-state index is 12.6. The van der Waals surface area contributed by atoms with Crippen molar-refractivity contribution >= 4 is 47.3 Å². The zero-order chi connectivity index (χ0) is 25.7. The molecule has 0 aromatic carbocycles. The molecule has 0 fully saturated rings. The summed E-state index contributed by atoms with van der Waals surface area (Å²) in [5.41, 5.74) is 10.8. The summed E-state index contributed by atoms with van der Waals surface area (Å²) in [5.74, 6) is -6.13. The Bertz CT molecular complexity index is 734. The van der Waals surface area contributed by atoms with Crippen molar-refractivity contribution in [3.63, 3.8) is 0 Å². The number of rotatable bonds is 16. The molecule has 4 amide bonds. The van der Waals surface area contributed by atoms with E-state index in [9.17, 15) is 39.0 Å². The first kappa shape index (κ1) is 30.1. The highest BCUT2D eigenvalue weighted by Crippen LogP contribution is 2.04. The Labute approximate surface area is 194 Å². The van der Waals surface area contributed by atoms with Gasteiger partial charge in [0.05, 0.1) is 18.6 Å². The summed E-state index contributed by atoms with van der Waals surface area (Å²) in [6.45, 7) is 1.20. The fraction of sp³-hybridized carbons (Fsp3) is 0.667. The zero-order valence-corrected chi connectivity index (χ0v) is 19.1. The maximum atomic E-state index is 12.6. The predicted molar refractivity (Wildman–Crippen MR) is 117 cm³/mol. The molecule has 0 aliphatic heterocycles. The molecule has 5 unspecified atom stereocenters. The first-order valence-corrected chi connectivity index (χ1v) is 11.3. The van der Waals surface area contributed by atoms with Crippen molar-refractivity contribution in [2.75, 3.05) is 12.0 Å². The van der Waals surface area contributed by atoms with E-state index in [4.69, 9.17) is 16.6 Å². The minimum atomic E-state index is -1.65. The van der Waals surface area contributed by atoms with Crippen molar-refractivity contribution in [3.8, 4) is 0 Å². The highest BCUT2D eigenvalue weighted by Gasteiger charge is 2.33. The fourth-order valence-corrected chi connectivity index (χ4v) is 3.00. The van der Waals surface area contributed by atoms with Gasteiger partial charge in [0.25, 0.3) is 0 Å². The maximum Gasteiger partial charge on any atom is 0.326 e. The van der Waals surface area contributed by atoms with Crippen molar-refractivity contribution in [3.05, 3.63) is 0 Å². The van der Waals surface area contributed by atoms with Gasteiger partial charge in [0.2, 0.25) is 23.6 Å². The number of amides is 4. The zero-order valence-electron chi connectivity index (χ0n) is 18.3. The van der Waals surface area contributed by atoms with Crippen LogP contribution in [-0.4, -0.2) is 93.2 Å². The lowest BCUT2D eigenvalue weighted by molar-refractivity contribution is -0.143. The molecular weight excluding hydrogens is 462 g/mol. The third kappa shape index (κ3) is 12.1. The molecule has 0 aliphatic carbocycles. The van der Waals surface area contributed by atoms with E-state index in [0.29, 0.717) is 12.2 Å². The molecule has 0 aromatic rings. The van der Waals surface area contributed by atoms with E-state index in [2.05, 4.69) is 10.6 Å². The largest absolute Gasteiger partial charge is 0.481 e. The second-order valence-electron chi connectivity index (χ2n) is 7.18. The molecule has 0 radical (unpaired) electrons. The number of aliphatic hydroxyl groups is 1. The van der Waals surface area contributed by atoms with Crippen molar-refractivity contribution in [2.45, 2.75) is 62.9 Å². The van der Waals surface area contributed by atoms with Gasteiger partial charge < -0.3 is 42.7 Å². The Morgan fingerprint density at radius 2 is 1.48 bits per heavy atom. The summed E-state index contributed by atoms with van der Waals surface area (Å²) < 4.78 is 0. The Kier molecular flexibility index (Phi) is 13.7. The number of aliphatic carboxylic acids is 2. The lowest BCUT2D eigenvalue weighted by Gasteiger charge is -2.26. The second kappa shape index (κ2) is 15.0. The van der Waals surface area contributed by atoms with E-state index in [-0.39, 0.29) is 0 Å².